The second-order valence-corrected chi connectivity index (χ2v) is 5.50. The maximum atomic E-state index is 11.8. The monoisotopic (exact) mass is 307 g/mol. The molecule has 1 fully saturated rings. The molecule has 2 rings (SSSR count). The molecular weight excluding hydrogens is 286 g/mol. The van der Waals surface area contributed by atoms with E-state index in [1.54, 1.807) is 7.11 Å². The van der Waals surface area contributed by atoms with Gasteiger partial charge in [-0.3, -0.25) is 4.79 Å². The van der Waals surface area contributed by atoms with Crippen LogP contribution in [0.4, 0.5) is 4.79 Å². The highest BCUT2D eigenvalue weighted by atomic mass is 16.5. The number of carboxylic acids is 1. The second-order valence-electron chi connectivity index (χ2n) is 5.50. The number of aliphatic carboxylic acids is 1. The van der Waals surface area contributed by atoms with Crippen molar-refractivity contribution in [2.45, 2.75) is 38.0 Å². The molecule has 1 saturated carbocycles. The van der Waals surface area contributed by atoms with Gasteiger partial charge in [0.2, 0.25) is 0 Å². The number of carbonyl (C=O) groups is 2. The van der Waals surface area contributed by atoms with Gasteiger partial charge < -0.3 is 19.9 Å². The molecule has 0 radical (unpaired) electrons. The normalized spacial score (nSPS) is 21.5. The van der Waals surface area contributed by atoms with E-state index in [0.717, 1.165) is 18.4 Å². The van der Waals surface area contributed by atoms with Crippen LogP contribution in [0.1, 0.15) is 24.8 Å². The Morgan fingerprint density at radius 3 is 2.59 bits per heavy atom. The van der Waals surface area contributed by atoms with E-state index in [2.05, 4.69) is 5.32 Å². The minimum atomic E-state index is -0.936. The van der Waals surface area contributed by atoms with Crippen molar-refractivity contribution < 1.29 is 24.2 Å². The smallest absolute Gasteiger partial charge is 0.407 e. The molecule has 0 unspecified atom stereocenters. The molecular formula is C16H21NO5. The van der Waals surface area contributed by atoms with Crippen LogP contribution < -0.4 is 5.32 Å². The van der Waals surface area contributed by atoms with Gasteiger partial charge in [0.15, 0.2) is 0 Å². The summed E-state index contributed by atoms with van der Waals surface area (Å²) in [5, 5.41) is 11.6. The average molecular weight is 307 g/mol. The van der Waals surface area contributed by atoms with Crippen LogP contribution in [0, 0.1) is 5.92 Å². The molecule has 0 heterocycles. The molecule has 1 amide bonds. The number of nitrogens with one attached hydrogen (secondary N) is 1. The van der Waals surface area contributed by atoms with Gasteiger partial charge in [0, 0.05) is 13.2 Å². The molecule has 2 N–H and O–H groups in total. The standard InChI is InChI=1S/C16H21NO5/c1-21-13-7-12(8-13)14(9-15(18)19)17-16(20)22-10-11-5-3-2-4-6-11/h2-6,12-14H,7-10H2,1H3,(H,17,20)(H,18,19)/t12?,13?,14-/m1/s1. The molecule has 0 aliphatic heterocycles. The topological polar surface area (TPSA) is 84.9 Å². The number of carbonyl (C=O) groups excluding carboxylic acids is 1. The van der Waals surface area contributed by atoms with Crippen LogP contribution in [0.15, 0.2) is 30.3 Å². The zero-order valence-corrected chi connectivity index (χ0v) is 12.5. The predicted octanol–water partition coefficient (Wildman–Crippen LogP) is 2.18. The number of ether oxygens (including phenoxy) is 2. The first-order chi connectivity index (χ1) is 10.6. The number of hydrogen-bond acceptors (Lipinski definition) is 4. The molecule has 0 aromatic heterocycles. The summed E-state index contributed by atoms with van der Waals surface area (Å²) >= 11 is 0. The number of carboxylic acid groups (broad SMARTS) is 1. The van der Waals surface area contributed by atoms with Gasteiger partial charge in [0.25, 0.3) is 0 Å². The van der Waals surface area contributed by atoms with E-state index in [0.29, 0.717) is 0 Å². The van der Waals surface area contributed by atoms with Crippen LogP contribution >= 0.6 is 0 Å². The number of hydrogen-bond donors (Lipinski definition) is 2. The van der Waals surface area contributed by atoms with Crippen molar-refractivity contribution in [1.29, 1.82) is 0 Å². The van der Waals surface area contributed by atoms with Crippen LogP contribution in [0.25, 0.3) is 0 Å². The van der Waals surface area contributed by atoms with Crippen molar-refractivity contribution in [2.75, 3.05) is 7.11 Å². The first-order valence-electron chi connectivity index (χ1n) is 7.30. The Morgan fingerprint density at radius 1 is 1.32 bits per heavy atom. The lowest BCUT2D eigenvalue weighted by molar-refractivity contribution is -0.138. The van der Waals surface area contributed by atoms with E-state index in [4.69, 9.17) is 14.6 Å². The SMILES string of the molecule is COC1CC([C@@H](CC(=O)O)NC(=O)OCc2ccccc2)C1. The third-order valence-corrected chi connectivity index (χ3v) is 3.94. The predicted molar refractivity (Wildman–Crippen MR) is 79.3 cm³/mol. The number of amides is 1. The quantitative estimate of drug-likeness (QED) is 0.806. The Kier molecular flexibility index (Phi) is 5.77. The van der Waals surface area contributed by atoms with Gasteiger partial charge in [0.1, 0.15) is 6.61 Å². The Bertz CT molecular complexity index is 499. The minimum Gasteiger partial charge on any atom is -0.481 e. The van der Waals surface area contributed by atoms with E-state index in [-0.39, 0.29) is 25.0 Å². The highest BCUT2D eigenvalue weighted by Gasteiger charge is 2.37. The molecule has 22 heavy (non-hydrogen) atoms. The molecule has 0 saturated heterocycles. The van der Waals surface area contributed by atoms with Gasteiger partial charge in [-0.1, -0.05) is 30.3 Å². The number of rotatable bonds is 7. The summed E-state index contributed by atoms with van der Waals surface area (Å²) in [5.74, 6) is -0.820. The van der Waals surface area contributed by atoms with Gasteiger partial charge in [-0.15, -0.1) is 0 Å². The fourth-order valence-electron chi connectivity index (χ4n) is 2.57. The van der Waals surface area contributed by atoms with Crippen LogP contribution in [0.5, 0.6) is 0 Å². The van der Waals surface area contributed by atoms with Crippen molar-refractivity contribution in [1.82, 2.24) is 5.32 Å². The van der Waals surface area contributed by atoms with Crippen LogP contribution in [-0.2, 0) is 20.9 Å². The number of methoxy groups -OCH3 is 1. The summed E-state index contributed by atoms with van der Waals surface area (Å²) < 4.78 is 10.3. The summed E-state index contributed by atoms with van der Waals surface area (Å²) in [6.45, 7) is 0.165. The Balaban J connectivity index is 1.81. The Labute approximate surface area is 129 Å². The van der Waals surface area contributed by atoms with Crippen LogP contribution in [0.2, 0.25) is 0 Å². The zero-order valence-electron chi connectivity index (χ0n) is 12.5. The molecule has 1 aliphatic carbocycles. The van der Waals surface area contributed by atoms with Gasteiger partial charge in [-0.05, 0) is 24.3 Å². The zero-order chi connectivity index (χ0) is 15.9. The Hall–Kier alpha value is -2.08. The van der Waals surface area contributed by atoms with Crippen LogP contribution in [0.3, 0.4) is 0 Å². The molecule has 1 aromatic rings. The molecule has 6 heteroatoms. The first kappa shape index (κ1) is 16.3. The maximum Gasteiger partial charge on any atom is 0.407 e. The molecule has 0 spiro atoms. The van der Waals surface area contributed by atoms with E-state index < -0.39 is 18.1 Å². The summed E-state index contributed by atoms with van der Waals surface area (Å²) in [6.07, 6.45) is 0.974. The summed E-state index contributed by atoms with van der Waals surface area (Å²) in [6, 6.07) is 8.91. The lowest BCUT2D eigenvalue weighted by Crippen LogP contribution is -2.48. The van der Waals surface area contributed by atoms with Gasteiger partial charge in [0.05, 0.1) is 12.5 Å². The van der Waals surface area contributed by atoms with Gasteiger partial charge in [-0.25, -0.2) is 4.79 Å². The molecule has 1 aliphatic rings. The fourth-order valence-corrected chi connectivity index (χ4v) is 2.57. The molecule has 6 nitrogen and oxygen atoms in total. The average Bonchev–Trinajstić information content (AvgIpc) is 2.44. The first-order valence-corrected chi connectivity index (χ1v) is 7.30. The number of alkyl carbamates (subject to hydrolysis) is 1. The highest BCUT2D eigenvalue weighted by molar-refractivity contribution is 5.71. The summed E-state index contributed by atoms with van der Waals surface area (Å²) in [5.41, 5.74) is 0.885. The highest BCUT2D eigenvalue weighted by Crippen LogP contribution is 2.33. The lowest BCUT2D eigenvalue weighted by atomic mass is 9.76. The second kappa shape index (κ2) is 7.79. The number of benzene rings is 1. The third-order valence-electron chi connectivity index (χ3n) is 3.94. The third kappa shape index (κ3) is 4.73. The van der Waals surface area contributed by atoms with Crippen molar-refractivity contribution in [3.8, 4) is 0 Å². The molecule has 120 valence electrons. The van der Waals surface area contributed by atoms with E-state index >= 15 is 0 Å². The van der Waals surface area contributed by atoms with E-state index in [9.17, 15) is 9.59 Å². The van der Waals surface area contributed by atoms with Crippen molar-refractivity contribution in [3.63, 3.8) is 0 Å². The fraction of sp³-hybridized carbons (Fsp3) is 0.500. The summed E-state index contributed by atoms with van der Waals surface area (Å²) in [4.78, 5) is 22.8. The molecule has 1 aromatic carbocycles. The minimum absolute atomic E-state index is 0.110. The van der Waals surface area contributed by atoms with Crippen molar-refractivity contribution >= 4 is 12.1 Å². The van der Waals surface area contributed by atoms with Crippen molar-refractivity contribution in [2.24, 2.45) is 5.92 Å². The molecule has 0 bridgehead atoms. The van der Waals surface area contributed by atoms with E-state index in [1.165, 1.54) is 0 Å². The lowest BCUT2D eigenvalue weighted by Gasteiger charge is -2.39. The Morgan fingerprint density at radius 2 is 2.00 bits per heavy atom. The largest absolute Gasteiger partial charge is 0.481 e. The van der Waals surface area contributed by atoms with Gasteiger partial charge >= 0.3 is 12.1 Å². The van der Waals surface area contributed by atoms with E-state index in [1.807, 2.05) is 30.3 Å². The summed E-state index contributed by atoms with van der Waals surface area (Å²) in [7, 11) is 1.63. The maximum absolute atomic E-state index is 11.8. The van der Waals surface area contributed by atoms with Crippen LogP contribution in [-0.4, -0.2) is 36.4 Å². The van der Waals surface area contributed by atoms with Gasteiger partial charge in [-0.2, -0.15) is 0 Å². The molecule has 1 atom stereocenters. The van der Waals surface area contributed by atoms with Crippen molar-refractivity contribution in [3.05, 3.63) is 35.9 Å².